The minimum atomic E-state index is -0.281. The summed E-state index contributed by atoms with van der Waals surface area (Å²) in [6, 6.07) is 3.57. The van der Waals surface area contributed by atoms with Crippen LogP contribution in [0, 0.1) is 5.92 Å². The summed E-state index contributed by atoms with van der Waals surface area (Å²) in [7, 11) is 4.63. The lowest BCUT2D eigenvalue weighted by Gasteiger charge is -2.31. The topological polar surface area (TPSA) is 86.7 Å². The monoisotopic (exact) mass is 434 g/mol. The molecule has 8 nitrogen and oxygen atoms in total. The summed E-state index contributed by atoms with van der Waals surface area (Å²) in [6.07, 6.45) is 3.15. The van der Waals surface area contributed by atoms with Crippen molar-refractivity contribution in [3.8, 4) is 17.2 Å². The number of nitrogens with zero attached hydrogens (tertiary/aromatic N) is 2. The zero-order chi connectivity index (χ0) is 21.7. The molecule has 1 aromatic rings. The van der Waals surface area contributed by atoms with Crippen molar-refractivity contribution >= 4 is 34.9 Å². The number of likely N-dealkylation sites (tertiary alicyclic amines) is 1. The Hall–Kier alpha value is -2.68. The Labute approximate surface area is 180 Å². The van der Waals surface area contributed by atoms with Crippen molar-refractivity contribution in [1.29, 1.82) is 0 Å². The van der Waals surface area contributed by atoms with Gasteiger partial charge in [-0.2, -0.15) is 4.99 Å². The second-order valence-electron chi connectivity index (χ2n) is 6.78. The van der Waals surface area contributed by atoms with Gasteiger partial charge in [0.15, 0.2) is 16.7 Å². The summed E-state index contributed by atoms with van der Waals surface area (Å²) in [4.78, 5) is 31.2. The molecule has 1 amide bonds. The second kappa shape index (κ2) is 9.88. The fraction of sp³-hybridized carbons (Fsp3) is 0.476. The number of amidine groups is 1. The van der Waals surface area contributed by atoms with Crippen LogP contribution < -0.4 is 14.2 Å². The predicted molar refractivity (Wildman–Crippen MR) is 115 cm³/mol. The third-order valence-corrected chi connectivity index (χ3v) is 6.02. The molecular formula is C21H26N2O6S. The van der Waals surface area contributed by atoms with E-state index in [1.807, 2.05) is 11.8 Å². The van der Waals surface area contributed by atoms with E-state index < -0.39 is 0 Å². The number of ether oxygens (including phenoxy) is 4. The van der Waals surface area contributed by atoms with E-state index in [0.717, 1.165) is 5.56 Å². The molecule has 0 radical (unpaired) electrons. The van der Waals surface area contributed by atoms with Crippen molar-refractivity contribution in [3.63, 3.8) is 0 Å². The Morgan fingerprint density at radius 1 is 1.17 bits per heavy atom. The van der Waals surface area contributed by atoms with Gasteiger partial charge in [0.1, 0.15) is 0 Å². The molecule has 0 spiro atoms. The largest absolute Gasteiger partial charge is 0.493 e. The molecule has 2 aliphatic heterocycles. The molecule has 0 aliphatic carbocycles. The number of piperidine rings is 1. The first-order chi connectivity index (χ1) is 14.5. The first kappa shape index (κ1) is 22.0. The molecule has 162 valence electrons. The van der Waals surface area contributed by atoms with Crippen molar-refractivity contribution in [3.05, 3.63) is 22.6 Å². The van der Waals surface area contributed by atoms with Gasteiger partial charge in [0.25, 0.3) is 5.91 Å². The second-order valence-corrected chi connectivity index (χ2v) is 7.79. The molecule has 2 heterocycles. The molecule has 2 aliphatic rings. The van der Waals surface area contributed by atoms with Crippen molar-refractivity contribution in [2.45, 2.75) is 19.8 Å². The van der Waals surface area contributed by atoms with Crippen LogP contribution in [-0.2, 0) is 14.3 Å². The van der Waals surface area contributed by atoms with E-state index in [-0.39, 0.29) is 17.8 Å². The van der Waals surface area contributed by atoms with E-state index in [1.54, 1.807) is 39.5 Å². The van der Waals surface area contributed by atoms with E-state index >= 15 is 0 Å². The maximum absolute atomic E-state index is 12.5. The zero-order valence-electron chi connectivity index (χ0n) is 17.6. The first-order valence-corrected chi connectivity index (χ1v) is 10.6. The molecule has 0 bridgehead atoms. The highest BCUT2D eigenvalue weighted by atomic mass is 32.2. The van der Waals surface area contributed by atoms with Gasteiger partial charge in [0.05, 0.1) is 38.8 Å². The normalized spacial score (nSPS) is 18.4. The SMILES string of the molecule is CCOC(=O)C1CCN(C2=NC(=O)/C(=C/c3cc(OC)c(OC)c(OC)c3)S2)CC1. The molecule has 9 heteroatoms. The van der Waals surface area contributed by atoms with E-state index in [9.17, 15) is 9.59 Å². The fourth-order valence-corrected chi connectivity index (χ4v) is 4.40. The molecule has 3 rings (SSSR count). The van der Waals surface area contributed by atoms with Gasteiger partial charge in [-0.05, 0) is 55.3 Å². The lowest BCUT2D eigenvalue weighted by atomic mass is 9.97. The standard InChI is InChI=1S/C21H26N2O6S/c1-5-29-20(25)14-6-8-23(9-7-14)21-22-19(24)17(30-21)12-13-10-15(26-2)18(28-4)16(11-13)27-3/h10-12,14H,5-9H2,1-4H3/b17-12-. The Balaban J connectivity index is 1.71. The van der Waals surface area contributed by atoms with E-state index in [0.29, 0.717) is 59.9 Å². The Bertz CT molecular complexity index is 849. The van der Waals surface area contributed by atoms with Crippen LogP contribution in [0.15, 0.2) is 22.0 Å². The third kappa shape index (κ3) is 4.72. The van der Waals surface area contributed by atoms with Crippen molar-refractivity contribution in [1.82, 2.24) is 4.90 Å². The van der Waals surface area contributed by atoms with Crippen LogP contribution in [0.3, 0.4) is 0 Å². The number of hydrogen-bond acceptors (Lipinski definition) is 8. The number of rotatable bonds is 6. The highest BCUT2D eigenvalue weighted by molar-refractivity contribution is 8.18. The van der Waals surface area contributed by atoms with E-state index in [2.05, 4.69) is 4.99 Å². The number of aliphatic imine (C=N–C) groups is 1. The predicted octanol–water partition coefficient (Wildman–Crippen LogP) is 2.96. The average molecular weight is 435 g/mol. The lowest BCUT2D eigenvalue weighted by molar-refractivity contribution is -0.149. The summed E-state index contributed by atoms with van der Waals surface area (Å²) in [6.45, 7) is 3.54. The number of esters is 1. The van der Waals surface area contributed by atoms with Crippen LogP contribution in [0.2, 0.25) is 0 Å². The van der Waals surface area contributed by atoms with Gasteiger partial charge >= 0.3 is 5.97 Å². The molecule has 1 saturated heterocycles. The number of carbonyl (C=O) groups excluding carboxylic acids is 2. The molecule has 1 aromatic carbocycles. The molecule has 0 unspecified atom stereocenters. The van der Waals surface area contributed by atoms with E-state index in [1.165, 1.54) is 11.8 Å². The minimum absolute atomic E-state index is 0.0851. The average Bonchev–Trinajstić information content (AvgIpc) is 3.13. The van der Waals surface area contributed by atoms with Crippen LogP contribution in [0.5, 0.6) is 17.2 Å². The van der Waals surface area contributed by atoms with Gasteiger partial charge in [-0.15, -0.1) is 0 Å². The quantitative estimate of drug-likeness (QED) is 0.499. The van der Waals surface area contributed by atoms with Crippen LogP contribution in [0.4, 0.5) is 0 Å². The van der Waals surface area contributed by atoms with Crippen molar-refractivity contribution in [2.24, 2.45) is 10.9 Å². The van der Waals surface area contributed by atoms with Crippen LogP contribution in [-0.4, -0.2) is 63.0 Å². The first-order valence-electron chi connectivity index (χ1n) is 9.74. The molecule has 30 heavy (non-hydrogen) atoms. The van der Waals surface area contributed by atoms with Gasteiger partial charge in [-0.1, -0.05) is 0 Å². The highest BCUT2D eigenvalue weighted by Crippen LogP contribution is 2.40. The molecule has 0 aromatic heterocycles. The summed E-state index contributed by atoms with van der Waals surface area (Å²) < 4.78 is 21.2. The molecule has 0 atom stereocenters. The number of benzene rings is 1. The molecular weight excluding hydrogens is 408 g/mol. The number of methoxy groups -OCH3 is 3. The van der Waals surface area contributed by atoms with Crippen molar-refractivity contribution < 1.29 is 28.5 Å². The third-order valence-electron chi connectivity index (χ3n) is 4.98. The fourth-order valence-electron chi connectivity index (χ4n) is 3.44. The van der Waals surface area contributed by atoms with E-state index in [4.69, 9.17) is 18.9 Å². The molecule has 0 saturated carbocycles. The van der Waals surface area contributed by atoms with Crippen molar-refractivity contribution in [2.75, 3.05) is 41.0 Å². The van der Waals surface area contributed by atoms with Crippen LogP contribution >= 0.6 is 11.8 Å². The zero-order valence-corrected chi connectivity index (χ0v) is 18.4. The number of carbonyl (C=O) groups is 2. The van der Waals surface area contributed by atoms with Gasteiger partial charge in [0, 0.05) is 13.1 Å². The molecule has 1 fully saturated rings. The van der Waals surface area contributed by atoms with Gasteiger partial charge < -0.3 is 23.8 Å². The number of thioether (sulfide) groups is 1. The smallest absolute Gasteiger partial charge is 0.309 e. The summed E-state index contributed by atoms with van der Waals surface area (Å²) in [5.41, 5.74) is 0.748. The number of hydrogen-bond donors (Lipinski definition) is 0. The van der Waals surface area contributed by atoms with Crippen LogP contribution in [0.1, 0.15) is 25.3 Å². The Morgan fingerprint density at radius 3 is 2.33 bits per heavy atom. The summed E-state index contributed by atoms with van der Waals surface area (Å²) in [5, 5.41) is 0.668. The lowest BCUT2D eigenvalue weighted by Crippen LogP contribution is -2.39. The van der Waals surface area contributed by atoms with Crippen LogP contribution in [0.25, 0.3) is 6.08 Å². The highest BCUT2D eigenvalue weighted by Gasteiger charge is 2.31. The summed E-state index contributed by atoms with van der Waals surface area (Å²) >= 11 is 1.34. The molecule has 0 N–H and O–H groups in total. The Morgan fingerprint density at radius 2 is 1.80 bits per heavy atom. The number of amides is 1. The van der Waals surface area contributed by atoms with Gasteiger partial charge in [-0.3, -0.25) is 9.59 Å². The van der Waals surface area contributed by atoms with Gasteiger partial charge in [0.2, 0.25) is 5.75 Å². The minimum Gasteiger partial charge on any atom is -0.493 e. The van der Waals surface area contributed by atoms with Gasteiger partial charge in [-0.25, -0.2) is 0 Å². The maximum Gasteiger partial charge on any atom is 0.309 e. The summed E-state index contributed by atoms with van der Waals surface area (Å²) in [5.74, 6) is 1.02. The maximum atomic E-state index is 12.5. The Kier molecular flexibility index (Phi) is 7.25.